The van der Waals surface area contributed by atoms with Gasteiger partial charge in [0.1, 0.15) is 0 Å². The van der Waals surface area contributed by atoms with E-state index in [4.69, 9.17) is 10.5 Å². The van der Waals surface area contributed by atoms with E-state index in [1.807, 2.05) is 30.3 Å². The SMILES string of the molecule is COC[C@@]1(N)[C@@H](c2ccccc2)[C@@H]1S(C)(=O)=O. The average molecular weight is 255 g/mol. The minimum atomic E-state index is -3.16. The van der Waals surface area contributed by atoms with Crippen LogP contribution in [0, 0.1) is 0 Å². The van der Waals surface area contributed by atoms with Gasteiger partial charge in [-0.1, -0.05) is 30.3 Å². The molecule has 0 aliphatic heterocycles. The van der Waals surface area contributed by atoms with Crippen molar-refractivity contribution in [3.8, 4) is 0 Å². The maximum Gasteiger partial charge on any atom is 0.152 e. The molecule has 3 atom stereocenters. The molecule has 0 bridgehead atoms. The Morgan fingerprint density at radius 1 is 1.35 bits per heavy atom. The fourth-order valence-corrected chi connectivity index (χ4v) is 4.47. The number of benzene rings is 1. The summed E-state index contributed by atoms with van der Waals surface area (Å²) >= 11 is 0. The number of ether oxygens (including phenoxy) is 1. The van der Waals surface area contributed by atoms with Crippen molar-refractivity contribution in [1.29, 1.82) is 0 Å². The van der Waals surface area contributed by atoms with Gasteiger partial charge in [0.2, 0.25) is 0 Å². The Balaban J connectivity index is 2.35. The molecule has 1 aliphatic carbocycles. The third-order valence-corrected chi connectivity index (χ3v) is 4.95. The lowest BCUT2D eigenvalue weighted by atomic mass is 10.1. The first kappa shape index (κ1) is 12.5. The Morgan fingerprint density at radius 3 is 2.41 bits per heavy atom. The number of sulfone groups is 1. The molecule has 4 nitrogen and oxygen atoms in total. The van der Waals surface area contributed by atoms with E-state index in [2.05, 4.69) is 0 Å². The van der Waals surface area contributed by atoms with E-state index in [9.17, 15) is 8.42 Å². The van der Waals surface area contributed by atoms with Gasteiger partial charge in [0, 0.05) is 19.3 Å². The van der Waals surface area contributed by atoms with Crippen molar-refractivity contribution in [3.05, 3.63) is 35.9 Å². The molecule has 2 rings (SSSR count). The lowest BCUT2D eigenvalue weighted by Gasteiger charge is -2.09. The predicted octanol–water partition coefficient (Wildman–Crippen LogP) is 0.541. The first-order valence-corrected chi connectivity index (χ1v) is 7.38. The van der Waals surface area contributed by atoms with E-state index in [1.165, 1.54) is 13.4 Å². The maximum atomic E-state index is 11.7. The van der Waals surface area contributed by atoms with E-state index >= 15 is 0 Å². The summed E-state index contributed by atoms with van der Waals surface area (Å²) < 4.78 is 28.5. The quantitative estimate of drug-likeness (QED) is 0.852. The van der Waals surface area contributed by atoms with Crippen LogP contribution in [-0.4, -0.2) is 39.2 Å². The molecule has 94 valence electrons. The number of hydrogen-bond donors (Lipinski definition) is 1. The zero-order chi connectivity index (χ0) is 12.7. The zero-order valence-corrected chi connectivity index (χ0v) is 10.8. The molecular weight excluding hydrogens is 238 g/mol. The normalized spacial score (nSPS) is 32.4. The first-order valence-electron chi connectivity index (χ1n) is 5.43. The Kier molecular flexibility index (Phi) is 3.01. The van der Waals surface area contributed by atoms with Crippen molar-refractivity contribution in [2.24, 2.45) is 5.73 Å². The highest BCUT2D eigenvalue weighted by molar-refractivity contribution is 7.91. The van der Waals surface area contributed by atoms with Gasteiger partial charge in [-0.2, -0.15) is 0 Å². The van der Waals surface area contributed by atoms with Gasteiger partial charge < -0.3 is 10.5 Å². The standard InChI is InChI=1S/C12H17NO3S/c1-16-8-12(13)10(11(12)17(2,14)15)9-6-4-3-5-7-9/h3-7,10-11H,8,13H2,1-2H3/t10-,11-,12+/m0/s1. The van der Waals surface area contributed by atoms with Crippen LogP contribution in [0.2, 0.25) is 0 Å². The largest absolute Gasteiger partial charge is 0.383 e. The molecule has 0 saturated heterocycles. The molecule has 1 aromatic rings. The number of nitrogens with two attached hydrogens (primary N) is 1. The second-order valence-electron chi connectivity index (χ2n) is 4.68. The third-order valence-electron chi connectivity index (χ3n) is 3.32. The van der Waals surface area contributed by atoms with Gasteiger partial charge in [0.05, 0.1) is 17.4 Å². The van der Waals surface area contributed by atoms with Crippen molar-refractivity contribution in [2.75, 3.05) is 20.0 Å². The molecule has 1 aliphatic rings. The van der Waals surface area contributed by atoms with Crippen molar-refractivity contribution in [2.45, 2.75) is 16.7 Å². The molecule has 0 unspecified atom stereocenters. The summed E-state index contributed by atoms with van der Waals surface area (Å²) in [7, 11) is -1.63. The van der Waals surface area contributed by atoms with E-state index in [-0.39, 0.29) is 12.5 Å². The monoisotopic (exact) mass is 255 g/mol. The van der Waals surface area contributed by atoms with Gasteiger partial charge in [0.25, 0.3) is 0 Å². The highest BCUT2D eigenvalue weighted by atomic mass is 32.2. The minimum absolute atomic E-state index is 0.168. The van der Waals surface area contributed by atoms with Crippen LogP contribution in [0.15, 0.2) is 30.3 Å². The number of methoxy groups -OCH3 is 1. The van der Waals surface area contributed by atoms with Crippen LogP contribution in [0.1, 0.15) is 11.5 Å². The number of rotatable bonds is 4. The van der Waals surface area contributed by atoms with Crippen LogP contribution >= 0.6 is 0 Å². The van der Waals surface area contributed by atoms with Crippen molar-refractivity contribution in [1.82, 2.24) is 0 Å². The summed E-state index contributed by atoms with van der Waals surface area (Å²) in [6.45, 7) is 0.254. The zero-order valence-electron chi connectivity index (χ0n) is 9.96. The molecule has 17 heavy (non-hydrogen) atoms. The van der Waals surface area contributed by atoms with Gasteiger partial charge in [-0.25, -0.2) is 8.42 Å². The van der Waals surface area contributed by atoms with Crippen LogP contribution in [0.4, 0.5) is 0 Å². The average Bonchev–Trinajstić information content (AvgIpc) is 2.86. The van der Waals surface area contributed by atoms with Crippen LogP contribution < -0.4 is 5.73 Å². The van der Waals surface area contributed by atoms with Crippen LogP contribution in [0.25, 0.3) is 0 Å². The van der Waals surface area contributed by atoms with E-state index in [0.717, 1.165) is 5.56 Å². The first-order chi connectivity index (χ1) is 7.91. The highest BCUT2D eigenvalue weighted by Gasteiger charge is 2.67. The Bertz CT molecular complexity index is 500. The lowest BCUT2D eigenvalue weighted by molar-refractivity contribution is 0.171. The summed E-state index contributed by atoms with van der Waals surface area (Å²) in [5, 5.41) is -0.544. The Labute approximate surface area is 102 Å². The fourth-order valence-electron chi connectivity index (χ4n) is 2.64. The van der Waals surface area contributed by atoms with Crippen LogP contribution in [0.5, 0.6) is 0 Å². The summed E-state index contributed by atoms with van der Waals surface area (Å²) in [6, 6.07) is 9.50. The molecule has 0 amide bonds. The minimum Gasteiger partial charge on any atom is -0.383 e. The summed E-state index contributed by atoms with van der Waals surface area (Å²) in [5.41, 5.74) is 6.33. The molecule has 0 heterocycles. The summed E-state index contributed by atoms with van der Waals surface area (Å²) in [5.74, 6) is -0.168. The summed E-state index contributed by atoms with van der Waals surface area (Å²) in [6.07, 6.45) is 1.23. The number of hydrogen-bond acceptors (Lipinski definition) is 4. The predicted molar refractivity (Wildman–Crippen MR) is 66.6 cm³/mol. The van der Waals surface area contributed by atoms with Gasteiger partial charge in [-0.15, -0.1) is 0 Å². The van der Waals surface area contributed by atoms with Crippen LogP contribution in [0.3, 0.4) is 0 Å². The molecule has 0 aromatic heterocycles. The van der Waals surface area contributed by atoms with Crippen LogP contribution in [-0.2, 0) is 14.6 Å². The molecule has 1 fully saturated rings. The van der Waals surface area contributed by atoms with Gasteiger partial charge in [0.15, 0.2) is 9.84 Å². The summed E-state index contributed by atoms with van der Waals surface area (Å²) in [4.78, 5) is 0. The van der Waals surface area contributed by atoms with Gasteiger partial charge in [-0.05, 0) is 5.56 Å². The lowest BCUT2D eigenvalue weighted by Crippen LogP contribution is -2.35. The highest BCUT2D eigenvalue weighted by Crippen LogP contribution is 2.53. The van der Waals surface area contributed by atoms with E-state index in [1.54, 1.807) is 0 Å². The topological polar surface area (TPSA) is 69.4 Å². The molecule has 2 N–H and O–H groups in total. The van der Waals surface area contributed by atoms with Crippen molar-refractivity contribution in [3.63, 3.8) is 0 Å². The molecule has 5 heteroatoms. The fraction of sp³-hybridized carbons (Fsp3) is 0.500. The van der Waals surface area contributed by atoms with Crippen molar-refractivity contribution < 1.29 is 13.2 Å². The molecule has 0 radical (unpaired) electrons. The van der Waals surface area contributed by atoms with Crippen molar-refractivity contribution >= 4 is 9.84 Å². The Morgan fingerprint density at radius 2 is 1.94 bits per heavy atom. The maximum absolute atomic E-state index is 11.7. The molecular formula is C12H17NO3S. The molecule has 1 saturated carbocycles. The Hall–Kier alpha value is -0.910. The molecule has 0 spiro atoms. The third kappa shape index (κ3) is 2.10. The van der Waals surface area contributed by atoms with E-state index in [0.29, 0.717) is 0 Å². The van der Waals surface area contributed by atoms with Gasteiger partial charge >= 0.3 is 0 Å². The molecule has 1 aromatic carbocycles. The smallest absolute Gasteiger partial charge is 0.152 e. The van der Waals surface area contributed by atoms with E-state index < -0.39 is 20.6 Å². The second-order valence-corrected chi connectivity index (χ2v) is 6.85. The second kappa shape index (κ2) is 4.08. The van der Waals surface area contributed by atoms with Gasteiger partial charge in [-0.3, -0.25) is 0 Å².